The number of hydrogen-bond donors (Lipinski definition) is 1. The molecular weight excluding hydrogens is 228 g/mol. The van der Waals surface area contributed by atoms with E-state index < -0.39 is 5.97 Å². The van der Waals surface area contributed by atoms with E-state index in [4.69, 9.17) is 5.11 Å². The zero-order valence-electron chi connectivity index (χ0n) is 11.1. The van der Waals surface area contributed by atoms with Crippen molar-refractivity contribution in [1.82, 2.24) is 9.97 Å². The molecule has 0 spiro atoms. The predicted molar refractivity (Wildman–Crippen MR) is 68.5 cm³/mol. The Bertz CT molecular complexity index is 457. The quantitative estimate of drug-likeness (QED) is 0.888. The van der Waals surface area contributed by atoms with Gasteiger partial charge < -0.3 is 5.11 Å². The maximum Gasteiger partial charge on any atom is 0.306 e. The highest BCUT2D eigenvalue weighted by Gasteiger charge is 2.26. The Labute approximate surface area is 107 Å². The van der Waals surface area contributed by atoms with Gasteiger partial charge in [0.2, 0.25) is 0 Å². The van der Waals surface area contributed by atoms with Crippen molar-refractivity contribution in [2.75, 3.05) is 0 Å². The summed E-state index contributed by atoms with van der Waals surface area (Å²) in [4.78, 5) is 20.2. The molecule has 0 aromatic carbocycles. The molecular formula is C14H20N2O2. The highest BCUT2D eigenvalue weighted by Crippen LogP contribution is 2.26. The highest BCUT2D eigenvalue weighted by molar-refractivity contribution is 5.71. The molecule has 98 valence electrons. The van der Waals surface area contributed by atoms with Crippen LogP contribution in [0.1, 0.15) is 49.0 Å². The largest absolute Gasteiger partial charge is 0.481 e. The molecule has 1 atom stereocenters. The minimum Gasteiger partial charge on any atom is -0.481 e. The van der Waals surface area contributed by atoms with Crippen molar-refractivity contribution in [3.8, 4) is 0 Å². The molecule has 1 aromatic rings. The molecule has 0 bridgehead atoms. The Morgan fingerprint density at radius 1 is 1.44 bits per heavy atom. The summed E-state index contributed by atoms with van der Waals surface area (Å²) < 4.78 is 0. The molecule has 1 N–H and O–H groups in total. The van der Waals surface area contributed by atoms with E-state index in [0.717, 1.165) is 48.5 Å². The number of aromatic nitrogens is 2. The molecule has 0 saturated carbocycles. The fourth-order valence-electron chi connectivity index (χ4n) is 2.51. The van der Waals surface area contributed by atoms with Gasteiger partial charge in [-0.1, -0.05) is 13.3 Å². The fourth-order valence-corrected chi connectivity index (χ4v) is 2.51. The maximum absolute atomic E-state index is 11.0. The molecule has 1 aliphatic carbocycles. The number of aryl methyl sites for hydroxylation is 3. The molecule has 0 saturated heterocycles. The van der Waals surface area contributed by atoms with Crippen molar-refractivity contribution in [1.29, 1.82) is 0 Å². The molecule has 4 heteroatoms. The number of nitrogens with zero attached hydrogens (tertiary/aromatic N) is 2. The summed E-state index contributed by atoms with van der Waals surface area (Å²) in [6, 6.07) is 0. The summed E-state index contributed by atoms with van der Waals surface area (Å²) in [5, 5.41) is 9.08. The molecule has 18 heavy (non-hydrogen) atoms. The van der Waals surface area contributed by atoms with Gasteiger partial charge in [0.15, 0.2) is 0 Å². The number of aliphatic carboxylic acids is 1. The van der Waals surface area contributed by atoms with Gasteiger partial charge in [-0.15, -0.1) is 0 Å². The van der Waals surface area contributed by atoms with E-state index in [0.29, 0.717) is 12.8 Å². The zero-order valence-corrected chi connectivity index (χ0v) is 11.1. The van der Waals surface area contributed by atoms with E-state index in [1.54, 1.807) is 0 Å². The zero-order chi connectivity index (χ0) is 13.1. The summed E-state index contributed by atoms with van der Waals surface area (Å²) in [5.74, 6) is -0.0433. The van der Waals surface area contributed by atoms with Crippen LogP contribution in [0, 0.1) is 12.8 Å². The third kappa shape index (κ3) is 2.68. The maximum atomic E-state index is 11.0. The van der Waals surface area contributed by atoms with Crippen LogP contribution in [0.25, 0.3) is 0 Å². The van der Waals surface area contributed by atoms with Crippen LogP contribution in [-0.4, -0.2) is 21.0 Å². The molecule has 1 unspecified atom stereocenters. The van der Waals surface area contributed by atoms with Gasteiger partial charge in [-0.25, -0.2) is 9.97 Å². The minimum absolute atomic E-state index is 0.263. The second-order valence-corrected chi connectivity index (χ2v) is 5.03. The van der Waals surface area contributed by atoms with Gasteiger partial charge >= 0.3 is 5.97 Å². The first-order chi connectivity index (χ1) is 8.61. The van der Waals surface area contributed by atoms with Crippen molar-refractivity contribution in [3.05, 3.63) is 22.8 Å². The van der Waals surface area contributed by atoms with Crippen LogP contribution >= 0.6 is 0 Å². The van der Waals surface area contributed by atoms with Crippen molar-refractivity contribution in [3.63, 3.8) is 0 Å². The Morgan fingerprint density at radius 2 is 2.22 bits per heavy atom. The van der Waals surface area contributed by atoms with Crippen LogP contribution in [0.3, 0.4) is 0 Å². The standard InChI is InChI=1S/C14H20N2O2/c1-3-4-5-13-15-9(2)11-8-10(14(17)18)6-7-12(11)16-13/h10H,3-8H2,1-2H3,(H,17,18). The Kier molecular flexibility index (Phi) is 3.94. The van der Waals surface area contributed by atoms with Gasteiger partial charge in [-0.05, 0) is 38.2 Å². The third-order valence-electron chi connectivity index (χ3n) is 3.63. The van der Waals surface area contributed by atoms with Crippen LogP contribution in [-0.2, 0) is 24.1 Å². The number of carboxylic acid groups (broad SMARTS) is 1. The van der Waals surface area contributed by atoms with Gasteiger partial charge in [0.25, 0.3) is 0 Å². The van der Waals surface area contributed by atoms with E-state index in [9.17, 15) is 4.79 Å². The number of fused-ring (bicyclic) bond motifs is 1. The first-order valence-electron chi connectivity index (χ1n) is 6.70. The van der Waals surface area contributed by atoms with Gasteiger partial charge in [-0.3, -0.25) is 4.79 Å². The van der Waals surface area contributed by atoms with Crippen LogP contribution in [0.5, 0.6) is 0 Å². The minimum atomic E-state index is -0.699. The van der Waals surface area contributed by atoms with Crippen molar-refractivity contribution < 1.29 is 9.90 Å². The first-order valence-corrected chi connectivity index (χ1v) is 6.70. The van der Waals surface area contributed by atoms with E-state index in [2.05, 4.69) is 16.9 Å². The normalized spacial score (nSPS) is 18.4. The van der Waals surface area contributed by atoms with E-state index in [-0.39, 0.29) is 5.92 Å². The lowest BCUT2D eigenvalue weighted by Gasteiger charge is -2.22. The SMILES string of the molecule is CCCCc1nc(C)c2c(n1)CCC(C(=O)O)C2. The smallest absolute Gasteiger partial charge is 0.306 e. The average molecular weight is 248 g/mol. The number of hydrogen-bond acceptors (Lipinski definition) is 3. The Morgan fingerprint density at radius 3 is 2.89 bits per heavy atom. The Balaban J connectivity index is 2.22. The molecule has 2 rings (SSSR count). The van der Waals surface area contributed by atoms with Crippen LogP contribution in [0.2, 0.25) is 0 Å². The van der Waals surface area contributed by atoms with Gasteiger partial charge in [0.05, 0.1) is 5.92 Å². The van der Waals surface area contributed by atoms with Crippen LogP contribution in [0.4, 0.5) is 0 Å². The first kappa shape index (κ1) is 13.0. The molecule has 0 radical (unpaired) electrons. The second-order valence-electron chi connectivity index (χ2n) is 5.03. The summed E-state index contributed by atoms with van der Waals surface area (Å²) >= 11 is 0. The lowest BCUT2D eigenvalue weighted by molar-refractivity contribution is -0.142. The molecule has 4 nitrogen and oxygen atoms in total. The lowest BCUT2D eigenvalue weighted by atomic mass is 9.86. The lowest BCUT2D eigenvalue weighted by Crippen LogP contribution is -2.24. The topological polar surface area (TPSA) is 63.1 Å². The second kappa shape index (κ2) is 5.46. The van der Waals surface area contributed by atoms with Gasteiger partial charge in [-0.2, -0.15) is 0 Å². The highest BCUT2D eigenvalue weighted by atomic mass is 16.4. The summed E-state index contributed by atoms with van der Waals surface area (Å²) in [6.07, 6.45) is 5.23. The number of unbranched alkanes of at least 4 members (excludes halogenated alkanes) is 1. The van der Waals surface area contributed by atoms with E-state index >= 15 is 0 Å². The van der Waals surface area contributed by atoms with Crippen LogP contribution < -0.4 is 0 Å². The van der Waals surface area contributed by atoms with E-state index in [1.807, 2.05) is 6.92 Å². The fraction of sp³-hybridized carbons (Fsp3) is 0.643. The van der Waals surface area contributed by atoms with Crippen molar-refractivity contribution >= 4 is 5.97 Å². The number of carboxylic acids is 1. The molecule has 0 fully saturated rings. The summed E-state index contributed by atoms with van der Waals surface area (Å²) in [5.41, 5.74) is 3.11. The van der Waals surface area contributed by atoms with Crippen molar-refractivity contribution in [2.24, 2.45) is 5.92 Å². The predicted octanol–water partition coefficient (Wildman–Crippen LogP) is 2.32. The summed E-state index contributed by atoms with van der Waals surface area (Å²) in [7, 11) is 0. The molecule has 0 aliphatic heterocycles. The van der Waals surface area contributed by atoms with Crippen molar-refractivity contribution in [2.45, 2.75) is 52.4 Å². The van der Waals surface area contributed by atoms with Crippen LogP contribution in [0.15, 0.2) is 0 Å². The Hall–Kier alpha value is -1.45. The number of rotatable bonds is 4. The molecule has 1 aromatic heterocycles. The monoisotopic (exact) mass is 248 g/mol. The van der Waals surface area contributed by atoms with Gasteiger partial charge in [0, 0.05) is 17.8 Å². The summed E-state index contributed by atoms with van der Waals surface area (Å²) in [6.45, 7) is 4.13. The number of carbonyl (C=O) groups is 1. The molecule has 1 heterocycles. The third-order valence-corrected chi connectivity index (χ3v) is 3.63. The molecule has 0 amide bonds. The van der Waals surface area contributed by atoms with Gasteiger partial charge in [0.1, 0.15) is 5.82 Å². The molecule has 1 aliphatic rings. The van der Waals surface area contributed by atoms with E-state index in [1.165, 1.54) is 0 Å². The average Bonchev–Trinajstić information content (AvgIpc) is 2.36.